The van der Waals surface area contributed by atoms with E-state index in [2.05, 4.69) is 26.8 Å². The summed E-state index contributed by atoms with van der Waals surface area (Å²) in [4.78, 5) is 37.5. The Morgan fingerprint density at radius 3 is 2.50 bits per heavy atom. The topological polar surface area (TPSA) is 87.7 Å². The Balaban J connectivity index is 1.52. The minimum absolute atomic E-state index is 0.0330. The summed E-state index contributed by atoms with van der Waals surface area (Å²) in [5.74, 6) is -0.626. The molecule has 7 nitrogen and oxygen atoms in total. The lowest BCUT2D eigenvalue weighted by Crippen LogP contribution is -2.49. The van der Waals surface area contributed by atoms with Gasteiger partial charge in [0.05, 0.1) is 12.1 Å². The summed E-state index contributed by atoms with van der Waals surface area (Å²) in [5, 5.41) is 0. The van der Waals surface area contributed by atoms with Crippen molar-refractivity contribution in [1.82, 2.24) is 10.9 Å². The number of carbonyl (C=O) groups excluding carboxylic acids is 3. The van der Waals surface area contributed by atoms with Crippen LogP contribution < -0.4 is 20.5 Å². The first-order chi connectivity index (χ1) is 12.5. The van der Waals surface area contributed by atoms with E-state index in [1.54, 1.807) is 48.5 Å². The van der Waals surface area contributed by atoms with Gasteiger partial charge in [-0.25, -0.2) is 10.3 Å². The summed E-state index contributed by atoms with van der Waals surface area (Å²) in [6, 6.07) is 14.9. The lowest BCUT2D eigenvalue weighted by Gasteiger charge is -2.16. The smallest absolute Gasteiger partial charge is 0.272 e. The Kier molecular flexibility index (Phi) is 5.65. The van der Waals surface area contributed by atoms with Gasteiger partial charge in [-0.15, -0.1) is 0 Å². The number of nitrogens with one attached hydrogen (secondary N) is 2. The van der Waals surface area contributed by atoms with Crippen LogP contribution in [-0.4, -0.2) is 30.4 Å². The van der Waals surface area contributed by atoms with Gasteiger partial charge in [0.25, 0.3) is 11.8 Å². The molecular weight excluding hydrogens is 402 g/mol. The summed E-state index contributed by atoms with van der Waals surface area (Å²) in [6.45, 7) is -0.206. The molecule has 1 fully saturated rings. The van der Waals surface area contributed by atoms with E-state index in [0.717, 1.165) is 9.37 Å². The number of halogens is 1. The number of anilines is 1. The van der Waals surface area contributed by atoms with Gasteiger partial charge in [0.1, 0.15) is 11.8 Å². The molecule has 2 aromatic rings. The molecule has 0 spiro atoms. The predicted octanol–water partition coefficient (Wildman–Crippen LogP) is 1.78. The lowest BCUT2D eigenvalue weighted by atomic mass is 10.2. The molecule has 134 valence electrons. The molecule has 2 aromatic carbocycles. The molecule has 0 aliphatic carbocycles. The van der Waals surface area contributed by atoms with Crippen LogP contribution in [0.25, 0.3) is 0 Å². The molecule has 0 bridgehead atoms. The van der Waals surface area contributed by atoms with Crippen LogP contribution in [0.15, 0.2) is 59.1 Å². The van der Waals surface area contributed by atoms with Crippen molar-refractivity contribution in [1.29, 1.82) is 0 Å². The van der Waals surface area contributed by atoms with Gasteiger partial charge < -0.3 is 4.74 Å². The van der Waals surface area contributed by atoms with Gasteiger partial charge in [-0.1, -0.05) is 34.1 Å². The maximum absolute atomic E-state index is 12.4. The fourth-order valence-electron chi connectivity index (χ4n) is 2.48. The normalized spacial score (nSPS) is 16.7. The zero-order valence-corrected chi connectivity index (χ0v) is 15.2. The zero-order chi connectivity index (χ0) is 18.5. The van der Waals surface area contributed by atoms with Crippen molar-refractivity contribution in [3.8, 4) is 5.75 Å². The van der Waals surface area contributed by atoms with Gasteiger partial charge >= 0.3 is 0 Å². The first kappa shape index (κ1) is 18.1. The fourth-order valence-corrected chi connectivity index (χ4v) is 2.74. The van der Waals surface area contributed by atoms with E-state index in [4.69, 9.17) is 4.74 Å². The number of hydrogen-bond donors (Lipinski definition) is 2. The lowest BCUT2D eigenvalue weighted by molar-refractivity contribution is -0.125. The molecular formula is C18H16BrN3O4. The van der Waals surface area contributed by atoms with Gasteiger partial charge in [-0.2, -0.15) is 0 Å². The van der Waals surface area contributed by atoms with Crippen molar-refractivity contribution in [2.24, 2.45) is 0 Å². The molecule has 1 aliphatic rings. The SMILES string of the molecule is O=C(COc1ccccc1)NNC1CC(=O)N(c2ccc(Br)cc2)C1=O. The highest BCUT2D eigenvalue weighted by atomic mass is 79.9. The Hall–Kier alpha value is -2.71. The van der Waals surface area contributed by atoms with E-state index in [-0.39, 0.29) is 18.9 Å². The van der Waals surface area contributed by atoms with Crippen LogP contribution in [-0.2, 0) is 14.4 Å². The summed E-state index contributed by atoms with van der Waals surface area (Å²) < 4.78 is 6.16. The molecule has 3 amide bonds. The molecule has 1 saturated heterocycles. The van der Waals surface area contributed by atoms with E-state index >= 15 is 0 Å². The summed E-state index contributed by atoms with van der Waals surface area (Å²) >= 11 is 3.31. The van der Waals surface area contributed by atoms with Crippen molar-refractivity contribution in [2.45, 2.75) is 12.5 Å². The highest BCUT2D eigenvalue weighted by Crippen LogP contribution is 2.24. The Morgan fingerprint density at radius 2 is 1.81 bits per heavy atom. The van der Waals surface area contributed by atoms with E-state index in [0.29, 0.717) is 11.4 Å². The highest BCUT2D eigenvalue weighted by molar-refractivity contribution is 9.10. The first-order valence-electron chi connectivity index (χ1n) is 7.89. The van der Waals surface area contributed by atoms with Crippen LogP contribution in [0.3, 0.4) is 0 Å². The third-order valence-electron chi connectivity index (χ3n) is 3.73. The van der Waals surface area contributed by atoms with Gasteiger partial charge in [0, 0.05) is 4.47 Å². The predicted molar refractivity (Wildman–Crippen MR) is 98.3 cm³/mol. The number of benzene rings is 2. The second kappa shape index (κ2) is 8.11. The third kappa shape index (κ3) is 4.27. The van der Waals surface area contributed by atoms with E-state index in [1.165, 1.54) is 0 Å². The Labute approximate surface area is 158 Å². The van der Waals surface area contributed by atoms with Crippen LogP contribution >= 0.6 is 15.9 Å². The fraction of sp³-hybridized carbons (Fsp3) is 0.167. The van der Waals surface area contributed by atoms with E-state index in [9.17, 15) is 14.4 Å². The van der Waals surface area contributed by atoms with Crippen molar-refractivity contribution < 1.29 is 19.1 Å². The number of hydrogen-bond acceptors (Lipinski definition) is 5. The molecule has 1 unspecified atom stereocenters. The molecule has 0 radical (unpaired) electrons. The van der Waals surface area contributed by atoms with Crippen LogP contribution in [0.4, 0.5) is 5.69 Å². The molecule has 2 N–H and O–H groups in total. The Bertz CT molecular complexity index is 811. The summed E-state index contributed by atoms with van der Waals surface area (Å²) in [7, 11) is 0. The molecule has 1 atom stereocenters. The van der Waals surface area contributed by atoms with Gasteiger partial charge in [0.15, 0.2) is 6.61 Å². The van der Waals surface area contributed by atoms with Gasteiger partial charge in [-0.3, -0.25) is 19.8 Å². The minimum Gasteiger partial charge on any atom is -0.484 e. The average molecular weight is 418 g/mol. The van der Waals surface area contributed by atoms with Gasteiger partial charge in [-0.05, 0) is 36.4 Å². The molecule has 0 aromatic heterocycles. The third-order valence-corrected chi connectivity index (χ3v) is 4.26. The van der Waals surface area contributed by atoms with Crippen molar-refractivity contribution in [3.63, 3.8) is 0 Å². The van der Waals surface area contributed by atoms with E-state index in [1.807, 2.05) is 6.07 Å². The van der Waals surface area contributed by atoms with Crippen molar-refractivity contribution in [3.05, 3.63) is 59.1 Å². The number of para-hydroxylation sites is 1. The second-order valence-corrected chi connectivity index (χ2v) is 6.51. The molecule has 26 heavy (non-hydrogen) atoms. The number of rotatable bonds is 6. The number of carbonyl (C=O) groups is 3. The number of amides is 3. The monoisotopic (exact) mass is 417 g/mol. The molecule has 1 heterocycles. The van der Waals surface area contributed by atoms with Crippen molar-refractivity contribution >= 4 is 39.3 Å². The average Bonchev–Trinajstić information content (AvgIpc) is 2.93. The second-order valence-electron chi connectivity index (χ2n) is 5.59. The molecule has 0 saturated carbocycles. The van der Waals surface area contributed by atoms with Crippen LogP contribution in [0.5, 0.6) is 5.75 Å². The number of ether oxygens (including phenoxy) is 1. The standard InChI is InChI=1S/C18H16BrN3O4/c19-12-6-8-13(9-7-12)22-17(24)10-15(18(22)25)20-21-16(23)11-26-14-4-2-1-3-5-14/h1-9,15,20H,10-11H2,(H,21,23). The molecule has 8 heteroatoms. The maximum atomic E-state index is 12.4. The summed E-state index contributed by atoms with van der Waals surface area (Å²) in [6.07, 6.45) is -0.0330. The summed E-state index contributed by atoms with van der Waals surface area (Å²) in [5.41, 5.74) is 5.51. The molecule has 3 rings (SSSR count). The minimum atomic E-state index is -0.813. The van der Waals surface area contributed by atoms with Crippen molar-refractivity contribution in [2.75, 3.05) is 11.5 Å². The number of nitrogens with zero attached hydrogens (tertiary/aromatic N) is 1. The number of hydrazine groups is 1. The Morgan fingerprint density at radius 1 is 1.12 bits per heavy atom. The van der Waals surface area contributed by atoms with Crippen LogP contribution in [0.1, 0.15) is 6.42 Å². The van der Waals surface area contributed by atoms with Crippen LogP contribution in [0.2, 0.25) is 0 Å². The maximum Gasteiger partial charge on any atom is 0.272 e. The zero-order valence-electron chi connectivity index (χ0n) is 13.6. The van der Waals surface area contributed by atoms with Crippen LogP contribution in [0, 0.1) is 0 Å². The highest BCUT2D eigenvalue weighted by Gasteiger charge is 2.39. The largest absolute Gasteiger partial charge is 0.484 e. The van der Waals surface area contributed by atoms with E-state index < -0.39 is 17.9 Å². The number of imide groups is 1. The molecule has 1 aliphatic heterocycles. The van der Waals surface area contributed by atoms with Gasteiger partial charge in [0.2, 0.25) is 5.91 Å². The quantitative estimate of drug-likeness (QED) is 0.552. The first-order valence-corrected chi connectivity index (χ1v) is 8.68.